The maximum Gasteiger partial charge on any atom is 0.327 e. The van der Waals surface area contributed by atoms with Crippen molar-refractivity contribution in [3.05, 3.63) is 12.7 Å². The first-order valence-electron chi connectivity index (χ1n) is 9.23. The molecule has 28 heavy (non-hydrogen) atoms. The van der Waals surface area contributed by atoms with E-state index in [4.69, 9.17) is 38.6 Å². The predicted octanol–water partition coefficient (Wildman–Crippen LogP) is 0.0637. The molecule has 0 aliphatic carbocycles. The Morgan fingerprint density at radius 3 is 1.61 bits per heavy atom. The summed E-state index contributed by atoms with van der Waals surface area (Å²) in [5.41, 5.74) is 0. The molecule has 0 bridgehead atoms. The summed E-state index contributed by atoms with van der Waals surface area (Å²) < 4.78 is 31.2. The molecule has 168 valence electrons. The Morgan fingerprint density at radius 1 is 0.857 bits per heavy atom. The Kier molecular flexibility index (Phi) is 26.9. The van der Waals surface area contributed by atoms with Crippen LogP contribution in [0.1, 0.15) is 13.3 Å². The summed E-state index contributed by atoms with van der Waals surface area (Å²) in [5.74, 6) is -0.981. The van der Waals surface area contributed by atoms with Gasteiger partial charge in [0.2, 0.25) is 0 Å². The molecule has 10 heteroatoms. The van der Waals surface area contributed by atoms with Crippen LogP contribution >= 0.6 is 0 Å². The predicted molar refractivity (Wildman–Crippen MR) is 101 cm³/mol. The van der Waals surface area contributed by atoms with Gasteiger partial charge < -0.3 is 43.7 Å². The fourth-order valence-corrected chi connectivity index (χ4v) is 1.43. The van der Waals surface area contributed by atoms with E-state index < -0.39 is 12.3 Å². The van der Waals surface area contributed by atoms with Crippen molar-refractivity contribution >= 4 is 5.97 Å². The van der Waals surface area contributed by atoms with Crippen LogP contribution in [0.2, 0.25) is 0 Å². The first kappa shape index (κ1) is 29.1. The van der Waals surface area contributed by atoms with Gasteiger partial charge in [-0.2, -0.15) is 0 Å². The molecule has 1 unspecified atom stereocenters. The van der Waals surface area contributed by atoms with Gasteiger partial charge in [-0.05, 0) is 6.42 Å². The zero-order chi connectivity index (χ0) is 21.3. The van der Waals surface area contributed by atoms with Crippen LogP contribution in [0.3, 0.4) is 0 Å². The minimum absolute atomic E-state index is 0.0291. The molecule has 0 aromatic carbocycles. The highest BCUT2D eigenvalue weighted by Gasteiger charge is 2.02. The number of aliphatic hydroxyl groups excluding tert-OH is 2. The maximum atomic E-state index is 9.35. The lowest BCUT2D eigenvalue weighted by Crippen LogP contribution is -2.21. The lowest BCUT2D eigenvalue weighted by molar-refractivity contribution is -0.141. The molecule has 0 aromatic heterocycles. The molecule has 0 aliphatic heterocycles. The fourth-order valence-electron chi connectivity index (χ4n) is 1.43. The highest BCUT2D eigenvalue weighted by molar-refractivity contribution is 5.78. The zero-order valence-corrected chi connectivity index (χ0v) is 16.8. The van der Waals surface area contributed by atoms with Gasteiger partial charge in [0.25, 0.3) is 0 Å². The normalized spacial score (nSPS) is 11.5. The van der Waals surface area contributed by atoms with Crippen molar-refractivity contribution in [1.82, 2.24) is 0 Å². The van der Waals surface area contributed by atoms with Gasteiger partial charge in [0.05, 0.1) is 72.7 Å². The van der Waals surface area contributed by atoms with Gasteiger partial charge >= 0.3 is 5.97 Å². The number of ether oxygens (including phenoxy) is 6. The smallest absolute Gasteiger partial charge is 0.327 e. The van der Waals surface area contributed by atoms with Crippen LogP contribution < -0.4 is 0 Å². The van der Waals surface area contributed by atoms with Crippen LogP contribution in [0.4, 0.5) is 0 Å². The van der Waals surface area contributed by atoms with E-state index in [1.54, 1.807) is 0 Å². The molecular weight excluding hydrogens is 376 g/mol. The SMILES string of the molecule is C=CC(=O)O.CCCOC(O)COCCOCCOCCOCCOCCO. The van der Waals surface area contributed by atoms with E-state index in [2.05, 4.69) is 6.58 Å². The van der Waals surface area contributed by atoms with Crippen LogP contribution in [0.15, 0.2) is 12.7 Å². The Balaban J connectivity index is 0. The molecule has 0 radical (unpaired) electrons. The number of hydrogen-bond acceptors (Lipinski definition) is 9. The second kappa shape index (κ2) is 25.9. The topological polar surface area (TPSA) is 133 Å². The van der Waals surface area contributed by atoms with Gasteiger partial charge in [0, 0.05) is 12.7 Å². The molecule has 0 rings (SSSR count). The summed E-state index contributed by atoms with van der Waals surface area (Å²) in [6.07, 6.45) is 0.829. The third-order valence-electron chi connectivity index (χ3n) is 2.67. The third-order valence-corrected chi connectivity index (χ3v) is 2.67. The Hall–Kier alpha value is -1.11. The van der Waals surface area contributed by atoms with Crippen molar-refractivity contribution in [2.45, 2.75) is 19.6 Å². The Morgan fingerprint density at radius 2 is 1.25 bits per heavy atom. The molecule has 0 saturated heterocycles. The van der Waals surface area contributed by atoms with E-state index in [0.717, 1.165) is 12.5 Å². The van der Waals surface area contributed by atoms with E-state index in [9.17, 15) is 9.90 Å². The average Bonchev–Trinajstić information content (AvgIpc) is 2.69. The Bertz CT molecular complexity index is 327. The van der Waals surface area contributed by atoms with Crippen LogP contribution in [0, 0.1) is 0 Å². The number of aliphatic carboxylic acids is 1. The second-order valence-electron chi connectivity index (χ2n) is 5.12. The highest BCUT2D eigenvalue weighted by Crippen LogP contribution is 1.91. The molecule has 10 nitrogen and oxygen atoms in total. The molecular formula is C18H36O10. The van der Waals surface area contributed by atoms with Gasteiger partial charge in [-0.15, -0.1) is 0 Å². The van der Waals surface area contributed by atoms with Crippen LogP contribution in [0.5, 0.6) is 0 Å². The summed E-state index contributed by atoms with van der Waals surface area (Å²) in [5, 5.41) is 25.4. The number of carboxylic acids is 1. The molecule has 0 fully saturated rings. The van der Waals surface area contributed by atoms with Gasteiger partial charge in [0.1, 0.15) is 0 Å². The molecule has 0 heterocycles. The summed E-state index contributed by atoms with van der Waals surface area (Å²) in [7, 11) is 0. The van der Waals surface area contributed by atoms with Crippen molar-refractivity contribution < 1.29 is 48.5 Å². The largest absolute Gasteiger partial charge is 0.478 e. The summed E-state index contributed by atoms with van der Waals surface area (Å²) >= 11 is 0. The monoisotopic (exact) mass is 412 g/mol. The van der Waals surface area contributed by atoms with Crippen molar-refractivity contribution in [3.8, 4) is 0 Å². The van der Waals surface area contributed by atoms with Crippen molar-refractivity contribution in [2.24, 2.45) is 0 Å². The van der Waals surface area contributed by atoms with E-state index in [1.807, 2.05) is 6.92 Å². The lowest BCUT2D eigenvalue weighted by atomic mass is 10.5. The molecule has 0 amide bonds. The van der Waals surface area contributed by atoms with E-state index in [1.165, 1.54) is 0 Å². The second-order valence-corrected chi connectivity index (χ2v) is 5.12. The average molecular weight is 412 g/mol. The van der Waals surface area contributed by atoms with Gasteiger partial charge in [-0.3, -0.25) is 0 Å². The minimum Gasteiger partial charge on any atom is -0.478 e. The van der Waals surface area contributed by atoms with Crippen LogP contribution in [-0.4, -0.2) is 107 Å². The lowest BCUT2D eigenvalue weighted by Gasteiger charge is -2.12. The molecule has 0 aromatic rings. The van der Waals surface area contributed by atoms with Crippen LogP contribution in [0.25, 0.3) is 0 Å². The summed E-state index contributed by atoms with van der Waals surface area (Å²) in [4.78, 5) is 9.25. The quantitative estimate of drug-likeness (QED) is 0.143. The van der Waals surface area contributed by atoms with Crippen LogP contribution in [-0.2, 0) is 33.2 Å². The third kappa shape index (κ3) is 29.6. The highest BCUT2D eigenvalue weighted by atomic mass is 16.6. The first-order valence-corrected chi connectivity index (χ1v) is 9.23. The number of rotatable bonds is 20. The van der Waals surface area contributed by atoms with E-state index in [0.29, 0.717) is 66.1 Å². The molecule has 0 spiro atoms. The number of carbonyl (C=O) groups is 1. The number of carboxylic acid groups (broad SMARTS) is 1. The molecule has 0 aliphatic rings. The first-order chi connectivity index (χ1) is 13.6. The van der Waals surface area contributed by atoms with Crippen molar-refractivity contribution in [1.29, 1.82) is 0 Å². The maximum absolute atomic E-state index is 9.35. The van der Waals surface area contributed by atoms with Gasteiger partial charge in [-0.1, -0.05) is 13.5 Å². The van der Waals surface area contributed by atoms with E-state index >= 15 is 0 Å². The minimum atomic E-state index is -0.981. The zero-order valence-electron chi connectivity index (χ0n) is 16.8. The van der Waals surface area contributed by atoms with E-state index in [-0.39, 0.29) is 13.2 Å². The Labute approximate surface area is 166 Å². The van der Waals surface area contributed by atoms with Gasteiger partial charge in [-0.25, -0.2) is 4.79 Å². The number of hydrogen-bond donors (Lipinski definition) is 3. The van der Waals surface area contributed by atoms with Gasteiger partial charge in [0.15, 0.2) is 6.29 Å². The standard InChI is InChI=1S/C15H32O8.C3H4O2/c1-2-4-23-15(17)14-22-13-12-21-11-10-20-9-8-19-7-6-18-5-3-16;1-2-3(4)5/h15-17H,2-14H2,1H3;2H,1H2,(H,4,5). The van der Waals surface area contributed by atoms with Crippen molar-refractivity contribution in [3.63, 3.8) is 0 Å². The molecule has 0 saturated carbocycles. The fraction of sp³-hybridized carbons (Fsp3) is 0.833. The summed E-state index contributed by atoms with van der Waals surface area (Å²) in [6, 6.07) is 0. The molecule has 3 N–H and O–H groups in total. The number of aliphatic hydroxyl groups is 2. The molecule has 1 atom stereocenters. The summed E-state index contributed by atoms with van der Waals surface area (Å²) in [6.45, 7) is 9.78. The van der Waals surface area contributed by atoms with Crippen molar-refractivity contribution in [2.75, 3.05) is 79.3 Å².